The van der Waals surface area contributed by atoms with E-state index in [0.717, 1.165) is 6.42 Å². The number of hydrogen-bond acceptors (Lipinski definition) is 0. The van der Waals surface area contributed by atoms with E-state index in [1.807, 2.05) is 0 Å². The molecule has 0 saturated heterocycles. The highest BCUT2D eigenvalue weighted by atomic mass is 14.5. The van der Waals surface area contributed by atoms with Gasteiger partial charge in [-0.3, -0.25) is 0 Å². The van der Waals surface area contributed by atoms with Crippen molar-refractivity contribution in [1.29, 1.82) is 0 Å². The van der Waals surface area contributed by atoms with Gasteiger partial charge in [0.25, 0.3) is 0 Å². The first-order valence-electron chi connectivity index (χ1n) is 8.94. The zero-order valence-corrected chi connectivity index (χ0v) is 13.5. The molecule has 3 aliphatic carbocycles. The second kappa shape index (κ2) is 4.96. The van der Waals surface area contributed by atoms with E-state index in [9.17, 15) is 0 Å². The Morgan fingerprint density at radius 3 is 1.96 bits per heavy atom. The van der Waals surface area contributed by atoms with Crippen molar-refractivity contribution in [3.63, 3.8) is 0 Å². The van der Waals surface area contributed by atoms with E-state index in [1.165, 1.54) is 36.8 Å². The summed E-state index contributed by atoms with van der Waals surface area (Å²) in [6.45, 7) is 0. The van der Waals surface area contributed by atoms with Gasteiger partial charge >= 0.3 is 0 Å². The molecule has 0 radical (unpaired) electrons. The number of hydrogen-bond donors (Lipinski definition) is 0. The molecule has 0 nitrogen and oxygen atoms in total. The molecule has 2 aromatic rings. The van der Waals surface area contributed by atoms with Crippen molar-refractivity contribution in [1.82, 2.24) is 0 Å². The highest BCUT2D eigenvalue weighted by Crippen LogP contribution is 2.62. The SMILES string of the molecule is C1=CCC(C2(C3c4ccccc4-c4ccccc43)CCCC2)=C1. The van der Waals surface area contributed by atoms with Crippen molar-refractivity contribution in [3.05, 3.63) is 83.5 Å². The summed E-state index contributed by atoms with van der Waals surface area (Å²) in [6.07, 6.45) is 13.6. The molecule has 0 unspecified atom stereocenters. The molecule has 0 atom stereocenters. The number of fused-ring (bicyclic) bond motifs is 3. The smallest absolute Gasteiger partial charge is 0.0195 e. The fourth-order valence-electron chi connectivity index (χ4n) is 5.37. The van der Waals surface area contributed by atoms with Crippen LogP contribution in [0.2, 0.25) is 0 Å². The van der Waals surface area contributed by atoms with E-state index >= 15 is 0 Å². The normalized spacial score (nSPS) is 21.3. The minimum absolute atomic E-state index is 0.339. The summed E-state index contributed by atoms with van der Waals surface area (Å²) in [5, 5.41) is 0. The molecule has 1 saturated carbocycles. The van der Waals surface area contributed by atoms with Crippen molar-refractivity contribution < 1.29 is 0 Å². The number of rotatable bonds is 2. The average molecular weight is 298 g/mol. The molecule has 5 rings (SSSR count). The van der Waals surface area contributed by atoms with Crippen LogP contribution in [0.5, 0.6) is 0 Å². The molecular formula is C23H22. The largest absolute Gasteiger partial charge is 0.0804 e. The summed E-state index contributed by atoms with van der Waals surface area (Å²) >= 11 is 0. The van der Waals surface area contributed by atoms with Crippen LogP contribution in [0.15, 0.2) is 72.3 Å². The summed E-state index contributed by atoms with van der Waals surface area (Å²) in [5.41, 5.74) is 8.06. The van der Waals surface area contributed by atoms with Gasteiger partial charge in [0.1, 0.15) is 0 Å². The maximum Gasteiger partial charge on any atom is 0.0195 e. The lowest BCUT2D eigenvalue weighted by Gasteiger charge is -2.38. The van der Waals surface area contributed by atoms with E-state index < -0.39 is 0 Å². The Morgan fingerprint density at radius 2 is 1.39 bits per heavy atom. The maximum absolute atomic E-state index is 2.41. The maximum atomic E-state index is 2.41. The lowest BCUT2D eigenvalue weighted by molar-refractivity contribution is 0.320. The predicted molar refractivity (Wildman–Crippen MR) is 96.5 cm³/mol. The van der Waals surface area contributed by atoms with Gasteiger partial charge in [0, 0.05) is 11.3 Å². The molecule has 0 aromatic heterocycles. The second-order valence-corrected chi connectivity index (χ2v) is 7.29. The first kappa shape index (κ1) is 13.4. The molecule has 0 amide bonds. The van der Waals surface area contributed by atoms with Crippen LogP contribution in [0.1, 0.15) is 49.1 Å². The summed E-state index contributed by atoms with van der Waals surface area (Å²) in [4.78, 5) is 0. The predicted octanol–water partition coefficient (Wildman–Crippen LogP) is 6.25. The molecule has 0 aliphatic heterocycles. The van der Waals surface area contributed by atoms with Crippen LogP contribution < -0.4 is 0 Å². The van der Waals surface area contributed by atoms with E-state index in [-0.39, 0.29) is 0 Å². The van der Waals surface area contributed by atoms with Gasteiger partial charge in [0.05, 0.1) is 0 Å². The Balaban J connectivity index is 1.75. The van der Waals surface area contributed by atoms with Gasteiger partial charge in [-0.05, 0) is 41.5 Å². The molecule has 0 bridgehead atoms. The average Bonchev–Trinajstić information content (AvgIpc) is 3.33. The Hall–Kier alpha value is -2.08. The summed E-state index contributed by atoms with van der Waals surface area (Å²) in [6, 6.07) is 18.2. The van der Waals surface area contributed by atoms with Crippen LogP contribution in [0.25, 0.3) is 11.1 Å². The van der Waals surface area contributed by atoms with Crippen LogP contribution in [-0.2, 0) is 0 Å². The Bertz CT molecular complexity index is 770. The minimum atomic E-state index is 0.339. The molecule has 3 aliphatic rings. The third-order valence-electron chi connectivity index (χ3n) is 6.29. The van der Waals surface area contributed by atoms with Crippen LogP contribution in [0.3, 0.4) is 0 Å². The molecule has 0 heterocycles. The highest BCUT2D eigenvalue weighted by Gasteiger charge is 2.48. The van der Waals surface area contributed by atoms with E-state index in [4.69, 9.17) is 0 Å². The number of allylic oxidation sites excluding steroid dienone is 4. The molecule has 0 N–H and O–H groups in total. The first-order valence-corrected chi connectivity index (χ1v) is 8.94. The van der Waals surface area contributed by atoms with Crippen molar-refractivity contribution in [2.75, 3.05) is 0 Å². The Labute approximate surface area is 138 Å². The van der Waals surface area contributed by atoms with Crippen LogP contribution in [-0.4, -0.2) is 0 Å². The van der Waals surface area contributed by atoms with Crippen molar-refractivity contribution >= 4 is 0 Å². The van der Waals surface area contributed by atoms with Crippen molar-refractivity contribution in [2.24, 2.45) is 5.41 Å². The van der Waals surface area contributed by atoms with Gasteiger partial charge in [-0.25, -0.2) is 0 Å². The summed E-state index contributed by atoms with van der Waals surface area (Å²) in [5.74, 6) is 0.545. The zero-order valence-electron chi connectivity index (χ0n) is 13.5. The van der Waals surface area contributed by atoms with Gasteiger partial charge in [-0.2, -0.15) is 0 Å². The van der Waals surface area contributed by atoms with Gasteiger partial charge < -0.3 is 0 Å². The summed E-state index contributed by atoms with van der Waals surface area (Å²) in [7, 11) is 0. The third kappa shape index (κ3) is 1.78. The summed E-state index contributed by atoms with van der Waals surface area (Å²) < 4.78 is 0. The van der Waals surface area contributed by atoms with Crippen LogP contribution in [0.4, 0.5) is 0 Å². The van der Waals surface area contributed by atoms with Gasteiger partial charge in [-0.15, -0.1) is 0 Å². The molecule has 114 valence electrons. The molecule has 1 fully saturated rings. The van der Waals surface area contributed by atoms with Gasteiger partial charge in [0.15, 0.2) is 0 Å². The van der Waals surface area contributed by atoms with Gasteiger partial charge in [-0.1, -0.05) is 85.2 Å². The van der Waals surface area contributed by atoms with E-state index in [1.54, 1.807) is 16.7 Å². The zero-order chi connectivity index (χ0) is 15.3. The Morgan fingerprint density at radius 1 is 0.783 bits per heavy atom. The lowest BCUT2D eigenvalue weighted by Crippen LogP contribution is -2.27. The van der Waals surface area contributed by atoms with Crippen molar-refractivity contribution in [3.8, 4) is 11.1 Å². The van der Waals surface area contributed by atoms with Gasteiger partial charge in [0.2, 0.25) is 0 Å². The first-order chi connectivity index (χ1) is 11.4. The fourth-order valence-corrected chi connectivity index (χ4v) is 5.37. The topological polar surface area (TPSA) is 0 Å². The third-order valence-corrected chi connectivity index (χ3v) is 6.29. The van der Waals surface area contributed by atoms with Crippen molar-refractivity contribution in [2.45, 2.75) is 38.0 Å². The molecule has 2 aromatic carbocycles. The minimum Gasteiger partial charge on any atom is -0.0804 e. The monoisotopic (exact) mass is 298 g/mol. The molecule has 23 heavy (non-hydrogen) atoms. The van der Waals surface area contributed by atoms with Crippen LogP contribution in [0, 0.1) is 5.41 Å². The standard InChI is InChI=1S/C23H22/c1-2-10-17(9-1)23(15-7-8-16-23)22-20-13-5-3-11-18(20)19-12-4-6-14-21(19)22/h1-6,9,11-14,22H,7-8,10,15-16H2. The second-order valence-electron chi connectivity index (χ2n) is 7.29. The molecule has 0 spiro atoms. The fraction of sp³-hybridized carbons (Fsp3) is 0.304. The lowest BCUT2D eigenvalue weighted by atomic mass is 9.64. The Kier molecular flexibility index (Phi) is 2.88. The van der Waals surface area contributed by atoms with E-state index in [0.29, 0.717) is 11.3 Å². The molecule has 0 heteroatoms. The van der Waals surface area contributed by atoms with Crippen LogP contribution >= 0.6 is 0 Å². The number of benzene rings is 2. The molecular weight excluding hydrogens is 276 g/mol. The quantitative estimate of drug-likeness (QED) is 0.615. The van der Waals surface area contributed by atoms with E-state index in [2.05, 4.69) is 66.8 Å². The highest BCUT2D eigenvalue weighted by molar-refractivity contribution is 5.79.